The lowest BCUT2D eigenvalue weighted by molar-refractivity contribution is 0.0986. The van der Waals surface area contributed by atoms with Crippen molar-refractivity contribution in [2.45, 2.75) is 35.8 Å². The predicted octanol–water partition coefficient (Wildman–Crippen LogP) is 5.44. The quantitative estimate of drug-likeness (QED) is 0.398. The maximum Gasteiger partial charge on any atom is 0.163 e. The molecular weight excluding hydrogens is 311 g/mol. The minimum atomic E-state index is -1.53. The molecule has 0 heterocycles. The first-order chi connectivity index (χ1) is 10.4. The van der Waals surface area contributed by atoms with E-state index in [9.17, 15) is 9.18 Å². The van der Waals surface area contributed by atoms with Gasteiger partial charge in [-0.25, -0.2) is 4.39 Å². The van der Waals surface area contributed by atoms with Crippen molar-refractivity contribution in [3.05, 3.63) is 66.0 Å². The number of Topliss-reactive ketones (excluding diaryl/α,β-unsaturated/α-hetero) is 1. The number of hydrogen-bond donors (Lipinski definition) is 0. The molecule has 0 N–H and O–H groups in total. The third kappa shape index (κ3) is 4.82. The van der Waals surface area contributed by atoms with Gasteiger partial charge < -0.3 is 0 Å². The largest absolute Gasteiger partial charge is 0.294 e. The lowest BCUT2D eigenvalue weighted by Gasteiger charge is -2.28. The first-order valence-corrected chi connectivity index (χ1v) is 11.8. The number of thioether (sulfide) groups is 1. The zero-order valence-corrected chi connectivity index (χ0v) is 15.0. The van der Waals surface area contributed by atoms with Gasteiger partial charge in [-0.15, -0.1) is 11.8 Å². The van der Waals surface area contributed by atoms with E-state index in [1.54, 1.807) is 23.9 Å². The fourth-order valence-corrected chi connectivity index (χ4v) is 5.59. The van der Waals surface area contributed by atoms with Crippen molar-refractivity contribution in [2.75, 3.05) is 0 Å². The predicted molar refractivity (Wildman–Crippen MR) is 94.8 cm³/mol. The molecule has 4 heteroatoms. The third-order valence-corrected chi connectivity index (χ3v) is 9.13. The normalized spacial score (nSPS) is 12.9. The van der Waals surface area contributed by atoms with Gasteiger partial charge in [0.1, 0.15) is 5.82 Å². The van der Waals surface area contributed by atoms with Crippen molar-refractivity contribution in [3.63, 3.8) is 0 Å². The van der Waals surface area contributed by atoms with Gasteiger partial charge in [-0.2, -0.15) is 0 Å². The molecule has 2 rings (SSSR count). The Morgan fingerprint density at radius 1 is 1.05 bits per heavy atom. The Bertz CT molecular complexity index is 620. The van der Waals surface area contributed by atoms with Crippen LogP contribution in [0, 0.1) is 5.82 Å². The van der Waals surface area contributed by atoms with Gasteiger partial charge in [0.15, 0.2) is 5.78 Å². The van der Waals surface area contributed by atoms with E-state index in [2.05, 4.69) is 19.6 Å². The van der Waals surface area contributed by atoms with Crippen molar-refractivity contribution in [1.29, 1.82) is 0 Å². The molecule has 0 aromatic heterocycles. The minimum Gasteiger partial charge on any atom is -0.294 e. The summed E-state index contributed by atoms with van der Waals surface area (Å²) in [6, 6.07) is 16.0. The molecule has 1 atom stereocenters. The van der Waals surface area contributed by atoms with Gasteiger partial charge in [0.2, 0.25) is 0 Å². The maximum absolute atomic E-state index is 13.0. The Morgan fingerprint density at radius 3 is 2.18 bits per heavy atom. The molecule has 0 aliphatic heterocycles. The van der Waals surface area contributed by atoms with Crippen LogP contribution in [0.15, 0.2) is 59.5 Å². The van der Waals surface area contributed by atoms with Crippen LogP contribution in [0.1, 0.15) is 16.8 Å². The Hall–Kier alpha value is -1.39. The van der Waals surface area contributed by atoms with Crippen LogP contribution in [-0.4, -0.2) is 18.7 Å². The van der Waals surface area contributed by atoms with Gasteiger partial charge >= 0.3 is 0 Å². The van der Waals surface area contributed by atoms with E-state index in [-0.39, 0.29) is 16.5 Å². The number of ketones is 1. The lowest BCUT2D eigenvalue weighted by atomic mass is 10.1. The summed E-state index contributed by atoms with van der Waals surface area (Å²) >= 11 is 1.70. The van der Waals surface area contributed by atoms with Crippen LogP contribution in [0.4, 0.5) is 4.39 Å². The smallest absolute Gasteiger partial charge is 0.163 e. The van der Waals surface area contributed by atoms with E-state index in [1.807, 2.05) is 30.3 Å². The van der Waals surface area contributed by atoms with Gasteiger partial charge in [0, 0.05) is 21.8 Å². The molecule has 0 amide bonds. The van der Waals surface area contributed by atoms with Crippen LogP contribution in [0.25, 0.3) is 0 Å². The molecule has 0 aliphatic carbocycles. The fraction of sp³-hybridized carbons (Fsp3) is 0.278. The van der Waals surface area contributed by atoms with E-state index >= 15 is 0 Å². The van der Waals surface area contributed by atoms with Gasteiger partial charge in [0.25, 0.3) is 0 Å². The SMILES string of the molecule is C[Si](C)(C)C(CC(=O)c1ccccc1)Sc1ccc(F)cc1. The van der Waals surface area contributed by atoms with E-state index < -0.39 is 8.07 Å². The second-order valence-electron chi connectivity index (χ2n) is 6.42. The summed E-state index contributed by atoms with van der Waals surface area (Å²) in [5, 5.41) is 0. The van der Waals surface area contributed by atoms with Gasteiger partial charge in [-0.1, -0.05) is 50.0 Å². The molecule has 22 heavy (non-hydrogen) atoms. The van der Waals surface area contributed by atoms with Crippen molar-refractivity contribution >= 4 is 25.6 Å². The molecule has 0 saturated carbocycles. The Labute approximate surface area is 137 Å². The van der Waals surface area contributed by atoms with E-state index in [4.69, 9.17) is 0 Å². The summed E-state index contributed by atoms with van der Waals surface area (Å²) in [5.41, 5.74) is 0.769. The highest BCUT2D eigenvalue weighted by atomic mass is 32.2. The molecule has 2 aromatic rings. The molecule has 2 aromatic carbocycles. The van der Waals surface area contributed by atoms with Crippen molar-refractivity contribution < 1.29 is 9.18 Å². The second kappa shape index (κ2) is 7.25. The van der Waals surface area contributed by atoms with Crippen molar-refractivity contribution in [1.82, 2.24) is 0 Å². The summed E-state index contributed by atoms with van der Waals surface area (Å²) in [4.78, 5) is 13.8. The molecule has 1 unspecified atom stereocenters. The highest BCUT2D eigenvalue weighted by Gasteiger charge is 2.30. The van der Waals surface area contributed by atoms with Crippen molar-refractivity contribution in [3.8, 4) is 0 Å². The van der Waals surface area contributed by atoms with Crippen LogP contribution in [0.3, 0.4) is 0 Å². The Kier molecular flexibility index (Phi) is 5.59. The molecular formula is C18H21FOSSi. The molecule has 0 spiro atoms. The molecule has 1 nitrogen and oxygen atoms in total. The molecule has 0 radical (unpaired) electrons. The molecule has 0 bridgehead atoms. The summed E-state index contributed by atoms with van der Waals surface area (Å²) < 4.78 is 13.0. The van der Waals surface area contributed by atoms with E-state index in [1.165, 1.54) is 12.1 Å². The number of hydrogen-bond acceptors (Lipinski definition) is 2. The number of halogens is 1. The zero-order chi connectivity index (χ0) is 16.2. The van der Waals surface area contributed by atoms with Gasteiger partial charge in [-0.3, -0.25) is 4.79 Å². The van der Waals surface area contributed by atoms with Gasteiger partial charge in [0.05, 0.1) is 8.07 Å². The van der Waals surface area contributed by atoms with Gasteiger partial charge in [-0.05, 0) is 24.3 Å². The lowest BCUT2D eigenvalue weighted by Crippen LogP contribution is -2.37. The fourth-order valence-electron chi connectivity index (χ4n) is 2.11. The summed E-state index contributed by atoms with van der Waals surface area (Å²) in [6.45, 7) is 6.81. The monoisotopic (exact) mass is 332 g/mol. The number of rotatable bonds is 6. The van der Waals surface area contributed by atoms with Crippen molar-refractivity contribution in [2.24, 2.45) is 0 Å². The molecule has 0 fully saturated rings. The van der Waals surface area contributed by atoms with Crippen LogP contribution < -0.4 is 0 Å². The molecule has 116 valence electrons. The number of carbonyl (C=O) groups is 1. The Balaban J connectivity index is 2.13. The van der Waals surface area contributed by atoms with E-state index in [0.717, 1.165) is 10.5 Å². The summed E-state index contributed by atoms with van der Waals surface area (Å²) in [6.07, 6.45) is 0.530. The maximum atomic E-state index is 13.0. The highest BCUT2D eigenvalue weighted by Crippen LogP contribution is 2.32. The second-order valence-corrected chi connectivity index (χ2v) is 13.5. The average Bonchev–Trinajstić information content (AvgIpc) is 2.48. The van der Waals surface area contributed by atoms with Crippen LogP contribution in [0.5, 0.6) is 0 Å². The van der Waals surface area contributed by atoms with Crippen LogP contribution in [0.2, 0.25) is 19.6 Å². The third-order valence-electron chi connectivity index (χ3n) is 3.52. The number of carbonyl (C=O) groups excluding carboxylic acids is 1. The highest BCUT2D eigenvalue weighted by molar-refractivity contribution is 8.01. The summed E-state index contributed by atoms with van der Waals surface area (Å²) in [7, 11) is -1.53. The minimum absolute atomic E-state index is 0.183. The molecule has 0 saturated heterocycles. The topological polar surface area (TPSA) is 17.1 Å². The first kappa shape index (κ1) is 17.0. The summed E-state index contributed by atoms with van der Waals surface area (Å²) in [5.74, 6) is -0.0445. The zero-order valence-electron chi connectivity index (χ0n) is 13.2. The van der Waals surface area contributed by atoms with Crippen LogP contribution in [-0.2, 0) is 0 Å². The standard InChI is InChI=1S/C18H21FOSSi/c1-22(2,3)18(21-16-11-9-15(19)10-12-16)13-17(20)14-7-5-4-6-8-14/h4-12,18H,13H2,1-3H3. The average molecular weight is 333 g/mol. The van der Waals surface area contributed by atoms with E-state index in [0.29, 0.717) is 6.42 Å². The number of benzene rings is 2. The first-order valence-electron chi connectivity index (χ1n) is 7.37. The Morgan fingerprint density at radius 2 is 1.64 bits per heavy atom. The molecule has 0 aliphatic rings. The van der Waals surface area contributed by atoms with Crippen LogP contribution >= 0.6 is 11.8 Å².